The first-order valence-corrected chi connectivity index (χ1v) is 10.0. The summed E-state index contributed by atoms with van der Waals surface area (Å²) < 4.78 is 0. The molecule has 3 rings (SSSR count). The summed E-state index contributed by atoms with van der Waals surface area (Å²) in [6, 6.07) is 14.3. The highest BCUT2D eigenvalue weighted by Gasteiger charge is 2.26. The van der Waals surface area contributed by atoms with E-state index >= 15 is 0 Å². The fourth-order valence-corrected chi connectivity index (χ4v) is 3.26. The second kappa shape index (κ2) is 8.57. The summed E-state index contributed by atoms with van der Waals surface area (Å²) in [5.41, 5.74) is 7.24. The minimum absolute atomic E-state index is 0.0939. The van der Waals surface area contributed by atoms with Gasteiger partial charge in [0.15, 0.2) is 0 Å². The highest BCUT2D eigenvalue weighted by Crippen LogP contribution is 2.23. The molecule has 1 fully saturated rings. The van der Waals surface area contributed by atoms with Gasteiger partial charge >= 0.3 is 0 Å². The Labute approximate surface area is 176 Å². The predicted molar refractivity (Wildman–Crippen MR) is 118 cm³/mol. The lowest BCUT2D eigenvalue weighted by Crippen LogP contribution is -2.49. The van der Waals surface area contributed by atoms with Crippen LogP contribution in [-0.4, -0.2) is 48.8 Å². The fourth-order valence-electron chi connectivity index (χ4n) is 3.26. The van der Waals surface area contributed by atoms with Crippen LogP contribution in [0.4, 0.5) is 11.4 Å². The molecule has 2 aromatic carbocycles. The second-order valence-corrected chi connectivity index (χ2v) is 8.44. The predicted octanol–water partition coefficient (Wildman–Crippen LogP) is 2.73. The number of primary amides is 1. The number of carbonyl (C=O) groups is 3. The van der Waals surface area contributed by atoms with Crippen LogP contribution in [-0.2, 0) is 4.79 Å². The first kappa shape index (κ1) is 21.4. The molecule has 1 saturated heterocycles. The molecule has 1 heterocycles. The van der Waals surface area contributed by atoms with E-state index in [4.69, 9.17) is 5.73 Å². The Balaban J connectivity index is 1.67. The maximum absolute atomic E-state index is 13.1. The number of hydrogen-bond acceptors (Lipinski definition) is 4. The molecular weight excluding hydrogens is 380 g/mol. The molecule has 3 amide bonds. The SMILES string of the molecule is CC(C)(C)C(=O)Nc1ccccc1C(=O)N1CCN(c2ccc(C(N)=O)cc2)CC1. The molecule has 0 atom stereocenters. The van der Waals surface area contributed by atoms with Crippen molar-refractivity contribution in [2.45, 2.75) is 20.8 Å². The van der Waals surface area contributed by atoms with Gasteiger partial charge in [-0.05, 0) is 36.4 Å². The van der Waals surface area contributed by atoms with E-state index in [0.717, 1.165) is 5.69 Å². The van der Waals surface area contributed by atoms with Crippen LogP contribution in [0, 0.1) is 5.41 Å². The lowest BCUT2D eigenvalue weighted by molar-refractivity contribution is -0.123. The average molecular weight is 409 g/mol. The average Bonchev–Trinajstić information content (AvgIpc) is 2.73. The zero-order valence-corrected chi connectivity index (χ0v) is 17.6. The third-order valence-corrected chi connectivity index (χ3v) is 5.17. The molecule has 0 aromatic heterocycles. The second-order valence-electron chi connectivity index (χ2n) is 8.44. The zero-order chi connectivity index (χ0) is 21.9. The first-order chi connectivity index (χ1) is 14.2. The maximum atomic E-state index is 13.1. The molecule has 7 nitrogen and oxygen atoms in total. The van der Waals surface area contributed by atoms with E-state index in [2.05, 4.69) is 10.2 Å². The number of nitrogens with zero attached hydrogens (tertiary/aromatic N) is 2. The molecule has 0 bridgehead atoms. The number of carbonyl (C=O) groups excluding carboxylic acids is 3. The third kappa shape index (κ3) is 4.79. The minimum Gasteiger partial charge on any atom is -0.368 e. The van der Waals surface area contributed by atoms with Crippen molar-refractivity contribution in [3.8, 4) is 0 Å². The molecule has 0 radical (unpaired) electrons. The van der Waals surface area contributed by atoms with Gasteiger partial charge in [-0.1, -0.05) is 32.9 Å². The van der Waals surface area contributed by atoms with Crippen molar-refractivity contribution in [1.82, 2.24) is 4.90 Å². The van der Waals surface area contributed by atoms with Crippen LogP contribution < -0.4 is 16.0 Å². The van der Waals surface area contributed by atoms with Crippen LogP contribution in [0.2, 0.25) is 0 Å². The molecular formula is C23H28N4O3. The summed E-state index contributed by atoms with van der Waals surface area (Å²) >= 11 is 0. The third-order valence-electron chi connectivity index (χ3n) is 5.17. The number of amides is 3. The number of nitrogens with two attached hydrogens (primary N) is 1. The molecule has 1 aliphatic heterocycles. The van der Waals surface area contributed by atoms with Gasteiger partial charge in [0.05, 0.1) is 11.3 Å². The summed E-state index contributed by atoms with van der Waals surface area (Å²) in [7, 11) is 0. The van der Waals surface area contributed by atoms with Gasteiger partial charge in [-0.3, -0.25) is 14.4 Å². The van der Waals surface area contributed by atoms with E-state index in [1.54, 1.807) is 35.2 Å². The van der Waals surface area contributed by atoms with E-state index in [0.29, 0.717) is 43.0 Å². The Bertz CT molecular complexity index is 940. The lowest BCUT2D eigenvalue weighted by Gasteiger charge is -2.36. The molecule has 0 spiro atoms. The summed E-state index contributed by atoms with van der Waals surface area (Å²) in [6.07, 6.45) is 0. The lowest BCUT2D eigenvalue weighted by atomic mass is 9.95. The summed E-state index contributed by atoms with van der Waals surface area (Å²) in [6.45, 7) is 8.00. The first-order valence-electron chi connectivity index (χ1n) is 10.0. The number of para-hydroxylation sites is 1. The van der Waals surface area contributed by atoms with Crippen LogP contribution in [0.25, 0.3) is 0 Å². The maximum Gasteiger partial charge on any atom is 0.256 e. The smallest absolute Gasteiger partial charge is 0.256 e. The zero-order valence-electron chi connectivity index (χ0n) is 17.6. The number of benzene rings is 2. The molecule has 3 N–H and O–H groups in total. The number of nitrogens with one attached hydrogen (secondary N) is 1. The molecule has 2 aromatic rings. The van der Waals surface area contributed by atoms with E-state index < -0.39 is 11.3 Å². The highest BCUT2D eigenvalue weighted by molar-refractivity contribution is 6.04. The Kier molecular flexibility index (Phi) is 6.10. The molecule has 0 saturated carbocycles. The number of anilines is 2. The minimum atomic E-state index is -0.550. The molecule has 0 unspecified atom stereocenters. The van der Waals surface area contributed by atoms with E-state index in [-0.39, 0.29) is 11.8 Å². The Morgan fingerprint density at radius 3 is 2.07 bits per heavy atom. The van der Waals surface area contributed by atoms with Crippen molar-refractivity contribution >= 4 is 29.1 Å². The van der Waals surface area contributed by atoms with Gasteiger partial charge in [-0.15, -0.1) is 0 Å². The molecule has 0 aliphatic carbocycles. The van der Waals surface area contributed by atoms with Crippen molar-refractivity contribution in [2.24, 2.45) is 11.1 Å². The van der Waals surface area contributed by atoms with Crippen LogP contribution in [0.3, 0.4) is 0 Å². The van der Waals surface area contributed by atoms with Gasteiger partial charge < -0.3 is 20.9 Å². The topological polar surface area (TPSA) is 95.7 Å². The van der Waals surface area contributed by atoms with Crippen molar-refractivity contribution in [3.05, 3.63) is 59.7 Å². The Morgan fingerprint density at radius 2 is 1.50 bits per heavy atom. The van der Waals surface area contributed by atoms with Gasteiger partial charge in [0, 0.05) is 42.8 Å². The van der Waals surface area contributed by atoms with Crippen LogP contribution in [0.5, 0.6) is 0 Å². The largest absolute Gasteiger partial charge is 0.368 e. The Hall–Kier alpha value is -3.35. The van der Waals surface area contributed by atoms with Gasteiger partial charge in [0.2, 0.25) is 11.8 Å². The van der Waals surface area contributed by atoms with Gasteiger partial charge in [0.1, 0.15) is 0 Å². The van der Waals surface area contributed by atoms with Crippen LogP contribution in [0.15, 0.2) is 48.5 Å². The molecule has 158 valence electrons. The monoisotopic (exact) mass is 408 g/mol. The highest BCUT2D eigenvalue weighted by atomic mass is 16.2. The van der Waals surface area contributed by atoms with Crippen LogP contribution >= 0.6 is 0 Å². The standard InChI is InChI=1S/C23H28N4O3/c1-23(2,3)22(30)25-19-7-5-4-6-18(19)21(29)27-14-12-26(13-15-27)17-10-8-16(9-11-17)20(24)28/h4-11H,12-15H2,1-3H3,(H2,24,28)(H,25,30). The van der Waals surface area contributed by atoms with Crippen molar-refractivity contribution < 1.29 is 14.4 Å². The summed E-state index contributed by atoms with van der Waals surface area (Å²) in [5, 5.41) is 2.88. The number of hydrogen-bond donors (Lipinski definition) is 2. The van der Waals surface area contributed by atoms with E-state index in [1.165, 1.54) is 0 Å². The fraction of sp³-hybridized carbons (Fsp3) is 0.348. The van der Waals surface area contributed by atoms with Gasteiger partial charge in [0.25, 0.3) is 5.91 Å². The normalized spacial score (nSPS) is 14.4. The van der Waals surface area contributed by atoms with Crippen molar-refractivity contribution in [2.75, 3.05) is 36.4 Å². The van der Waals surface area contributed by atoms with E-state index in [9.17, 15) is 14.4 Å². The summed E-state index contributed by atoms with van der Waals surface area (Å²) in [4.78, 5) is 40.7. The number of rotatable bonds is 4. The summed E-state index contributed by atoms with van der Waals surface area (Å²) in [5.74, 6) is -0.676. The number of piperazine rings is 1. The van der Waals surface area contributed by atoms with Gasteiger partial charge in [-0.2, -0.15) is 0 Å². The molecule has 7 heteroatoms. The van der Waals surface area contributed by atoms with E-state index in [1.807, 2.05) is 39.0 Å². The van der Waals surface area contributed by atoms with Crippen molar-refractivity contribution in [1.29, 1.82) is 0 Å². The molecule has 30 heavy (non-hydrogen) atoms. The Morgan fingerprint density at radius 1 is 0.900 bits per heavy atom. The van der Waals surface area contributed by atoms with Crippen molar-refractivity contribution in [3.63, 3.8) is 0 Å². The van der Waals surface area contributed by atoms with Crippen LogP contribution in [0.1, 0.15) is 41.5 Å². The quantitative estimate of drug-likeness (QED) is 0.813. The molecule has 1 aliphatic rings. The van der Waals surface area contributed by atoms with Gasteiger partial charge in [-0.25, -0.2) is 0 Å².